The van der Waals surface area contributed by atoms with E-state index < -0.39 is 10.0 Å². The number of halogens is 1. The summed E-state index contributed by atoms with van der Waals surface area (Å²) >= 11 is 5.93. The predicted octanol–water partition coefficient (Wildman–Crippen LogP) is 4.40. The molecule has 6 nitrogen and oxygen atoms in total. The van der Waals surface area contributed by atoms with Crippen LogP contribution in [0.5, 0.6) is 0 Å². The van der Waals surface area contributed by atoms with Crippen molar-refractivity contribution in [2.45, 2.75) is 18.7 Å². The van der Waals surface area contributed by atoms with Crippen LogP contribution in [0.3, 0.4) is 0 Å². The third kappa shape index (κ3) is 6.27. The topological polar surface area (TPSA) is 69.7 Å². The maximum Gasteiger partial charge on any atom is 0.264 e. The molecule has 3 aromatic rings. The first kappa shape index (κ1) is 24.6. The Labute approximate surface area is 200 Å². The maximum absolute atomic E-state index is 13.4. The minimum Gasteiger partial charge on any atom is -0.373 e. The second kappa shape index (κ2) is 10.7. The van der Waals surface area contributed by atoms with E-state index in [9.17, 15) is 13.2 Å². The lowest BCUT2D eigenvalue weighted by Crippen LogP contribution is -2.42. The SMILES string of the molecule is Cc1ccc(N(CC(=O)NCCN(C)c2ccccc2)S(=O)(=O)c2ccc(Cl)cc2)cc1C. The number of hydrogen-bond acceptors (Lipinski definition) is 4. The number of hydrogen-bond donors (Lipinski definition) is 1. The third-order valence-corrected chi connectivity index (χ3v) is 7.47. The molecule has 0 heterocycles. The number of carbonyl (C=O) groups excluding carboxylic acids is 1. The van der Waals surface area contributed by atoms with E-state index in [0.717, 1.165) is 21.1 Å². The summed E-state index contributed by atoms with van der Waals surface area (Å²) in [4.78, 5) is 14.9. The van der Waals surface area contributed by atoms with E-state index in [-0.39, 0.29) is 17.3 Å². The number of aryl methyl sites for hydroxylation is 2. The summed E-state index contributed by atoms with van der Waals surface area (Å²) in [6.45, 7) is 4.50. The van der Waals surface area contributed by atoms with Crippen LogP contribution in [0.25, 0.3) is 0 Å². The zero-order valence-corrected chi connectivity index (χ0v) is 20.5. The van der Waals surface area contributed by atoms with Crippen molar-refractivity contribution in [1.29, 1.82) is 0 Å². The van der Waals surface area contributed by atoms with Gasteiger partial charge in [0, 0.05) is 30.8 Å². The molecule has 0 fully saturated rings. The van der Waals surface area contributed by atoms with Crippen molar-refractivity contribution in [3.63, 3.8) is 0 Å². The van der Waals surface area contributed by atoms with Gasteiger partial charge >= 0.3 is 0 Å². The van der Waals surface area contributed by atoms with Gasteiger partial charge in [-0.25, -0.2) is 8.42 Å². The summed E-state index contributed by atoms with van der Waals surface area (Å²) in [7, 11) is -2.04. The standard InChI is InChI=1S/C25H28ClN3O3S/c1-19-9-12-23(17-20(19)2)29(33(31,32)24-13-10-21(26)11-14-24)18-25(30)27-15-16-28(3)22-7-5-4-6-8-22/h4-14,17H,15-16,18H2,1-3H3,(H,27,30). The minimum absolute atomic E-state index is 0.0711. The Morgan fingerprint density at radius 3 is 2.21 bits per heavy atom. The molecular weight excluding hydrogens is 458 g/mol. The number of carbonyl (C=O) groups is 1. The Morgan fingerprint density at radius 2 is 1.58 bits per heavy atom. The normalized spacial score (nSPS) is 11.2. The number of nitrogens with one attached hydrogen (secondary N) is 1. The lowest BCUT2D eigenvalue weighted by molar-refractivity contribution is -0.119. The number of benzene rings is 3. The molecule has 8 heteroatoms. The maximum atomic E-state index is 13.4. The zero-order chi connectivity index (χ0) is 24.0. The minimum atomic E-state index is -3.98. The van der Waals surface area contributed by atoms with Gasteiger partial charge in [0.2, 0.25) is 5.91 Å². The third-order valence-electron chi connectivity index (χ3n) is 5.43. The Morgan fingerprint density at radius 1 is 0.909 bits per heavy atom. The van der Waals surface area contributed by atoms with Crippen molar-refractivity contribution < 1.29 is 13.2 Å². The number of anilines is 2. The fraction of sp³-hybridized carbons (Fsp3) is 0.240. The number of rotatable bonds is 9. The molecule has 0 saturated heterocycles. The van der Waals surface area contributed by atoms with Crippen LogP contribution in [0.15, 0.2) is 77.7 Å². The molecular formula is C25H28ClN3O3S. The van der Waals surface area contributed by atoms with Crippen LogP contribution in [0, 0.1) is 13.8 Å². The quantitative estimate of drug-likeness (QED) is 0.487. The molecule has 0 unspecified atom stereocenters. The van der Waals surface area contributed by atoms with Crippen LogP contribution in [0.4, 0.5) is 11.4 Å². The average Bonchev–Trinajstić information content (AvgIpc) is 2.80. The molecule has 33 heavy (non-hydrogen) atoms. The smallest absolute Gasteiger partial charge is 0.264 e. The average molecular weight is 486 g/mol. The Bertz CT molecular complexity index is 1200. The molecule has 0 atom stereocenters. The summed E-state index contributed by atoms with van der Waals surface area (Å²) in [6.07, 6.45) is 0. The highest BCUT2D eigenvalue weighted by Gasteiger charge is 2.27. The molecule has 174 valence electrons. The van der Waals surface area contributed by atoms with Crippen molar-refractivity contribution in [3.8, 4) is 0 Å². The fourth-order valence-corrected chi connectivity index (χ4v) is 4.83. The van der Waals surface area contributed by atoms with Crippen molar-refractivity contribution in [2.75, 3.05) is 35.9 Å². The molecule has 0 aliphatic rings. The number of sulfonamides is 1. The first-order valence-corrected chi connectivity index (χ1v) is 12.4. The van der Waals surface area contributed by atoms with Gasteiger partial charge in [0.25, 0.3) is 10.0 Å². The molecule has 0 aliphatic heterocycles. The Balaban J connectivity index is 1.77. The van der Waals surface area contributed by atoms with Gasteiger partial charge in [-0.3, -0.25) is 9.10 Å². The van der Waals surface area contributed by atoms with E-state index in [2.05, 4.69) is 5.32 Å². The van der Waals surface area contributed by atoms with Crippen LogP contribution in [-0.4, -0.2) is 41.0 Å². The first-order valence-electron chi connectivity index (χ1n) is 10.6. The fourth-order valence-electron chi connectivity index (χ4n) is 3.29. The van der Waals surface area contributed by atoms with Gasteiger partial charge in [-0.1, -0.05) is 35.9 Å². The molecule has 0 spiro atoms. The highest BCUT2D eigenvalue weighted by molar-refractivity contribution is 7.92. The summed E-state index contributed by atoms with van der Waals surface area (Å²) in [5.41, 5.74) is 3.45. The Kier molecular flexibility index (Phi) is 8.00. The lowest BCUT2D eigenvalue weighted by atomic mass is 10.1. The number of likely N-dealkylation sites (N-methyl/N-ethyl adjacent to an activating group) is 1. The van der Waals surface area contributed by atoms with E-state index in [0.29, 0.717) is 23.8 Å². The van der Waals surface area contributed by atoms with Crippen molar-refractivity contribution in [1.82, 2.24) is 5.32 Å². The van der Waals surface area contributed by atoms with E-state index in [1.807, 2.05) is 62.2 Å². The van der Waals surface area contributed by atoms with Crippen LogP contribution < -0.4 is 14.5 Å². The molecule has 0 bridgehead atoms. The second-order valence-electron chi connectivity index (χ2n) is 7.84. The van der Waals surface area contributed by atoms with Crippen LogP contribution in [0.1, 0.15) is 11.1 Å². The summed E-state index contributed by atoms with van der Waals surface area (Å²) < 4.78 is 28.0. The van der Waals surface area contributed by atoms with Crippen molar-refractivity contribution >= 4 is 38.9 Å². The number of para-hydroxylation sites is 1. The van der Waals surface area contributed by atoms with E-state index in [1.165, 1.54) is 24.3 Å². The predicted molar refractivity (Wildman–Crippen MR) is 135 cm³/mol. The highest BCUT2D eigenvalue weighted by Crippen LogP contribution is 2.26. The summed E-state index contributed by atoms with van der Waals surface area (Å²) in [6, 6.07) is 21.1. The van der Waals surface area contributed by atoms with Gasteiger partial charge < -0.3 is 10.2 Å². The highest BCUT2D eigenvalue weighted by atomic mass is 35.5. The number of amides is 1. The van der Waals surface area contributed by atoms with Crippen LogP contribution in [0.2, 0.25) is 5.02 Å². The second-order valence-corrected chi connectivity index (χ2v) is 10.1. The largest absolute Gasteiger partial charge is 0.373 e. The molecule has 1 amide bonds. The molecule has 1 N–H and O–H groups in total. The number of nitrogens with zero attached hydrogens (tertiary/aromatic N) is 2. The lowest BCUT2D eigenvalue weighted by Gasteiger charge is -2.25. The van der Waals surface area contributed by atoms with Crippen molar-refractivity contribution in [3.05, 3.63) is 88.9 Å². The summed E-state index contributed by atoms with van der Waals surface area (Å²) in [5, 5.41) is 3.27. The zero-order valence-electron chi connectivity index (χ0n) is 19.0. The molecule has 3 rings (SSSR count). The molecule has 3 aromatic carbocycles. The van der Waals surface area contributed by atoms with E-state index in [1.54, 1.807) is 12.1 Å². The van der Waals surface area contributed by atoms with Crippen LogP contribution >= 0.6 is 11.6 Å². The summed E-state index contributed by atoms with van der Waals surface area (Å²) in [5.74, 6) is -0.382. The van der Waals surface area contributed by atoms with Gasteiger partial charge in [0.15, 0.2) is 0 Å². The molecule has 0 saturated carbocycles. The van der Waals surface area contributed by atoms with Gasteiger partial charge in [-0.15, -0.1) is 0 Å². The van der Waals surface area contributed by atoms with E-state index >= 15 is 0 Å². The first-order chi connectivity index (χ1) is 15.7. The van der Waals surface area contributed by atoms with Gasteiger partial charge in [-0.2, -0.15) is 0 Å². The molecule has 0 aromatic heterocycles. The van der Waals surface area contributed by atoms with Crippen molar-refractivity contribution in [2.24, 2.45) is 0 Å². The van der Waals surface area contributed by atoms with Gasteiger partial charge in [0.05, 0.1) is 10.6 Å². The molecule has 0 aliphatic carbocycles. The van der Waals surface area contributed by atoms with Gasteiger partial charge in [-0.05, 0) is 73.5 Å². The van der Waals surface area contributed by atoms with Crippen LogP contribution in [-0.2, 0) is 14.8 Å². The van der Waals surface area contributed by atoms with E-state index in [4.69, 9.17) is 11.6 Å². The molecule has 0 radical (unpaired) electrons. The monoisotopic (exact) mass is 485 g/mol. The van der Waals surface area contributed by atoms with Gasteiger partial charge in [0.1, 0.15) is 6.54 Å². The Hall–Kier alpha value is -3.03.